The summed E-state index contributed by atoms with van der Waals surface area (Å²) in [5.41, 5.74) is 5.35. The summed E-state index contributed by atoms with van der Waals surface area (Å²) in [6, 6.07) is 21.6. The summed E-state index contributed by atoms with van der Waals surface area (Å²) in [5.74, 6) is 0.839. The zero-order chi connectivity index (χ0) is 18.5. The highest BCUT2D eigenvalue weighted by Gasteiger charge is 2.13. The van der Waals surface area contributed by atoms with E-state index in [9.17, 15) is 0 Å². The van der Waals surface area contributed by atoms with Gasteiger partial charge in [-0.2, -0.15) is 0 Å². The molecule has 0 bridgehead atoms. The topological polar surface area (TPSA) is 60.8 Å². The second kappa shape index (κ2) is 7.74. The molecular weight excluding hydrogens is 336 g/mol. The summed E-state index contributed by atoms with van der Waals surface area (Å²) in [5, 5.41) is 8.86. The lowest BCUT2D eigenvalue weighted by atomic mass is 10.0. The van der Waals surface area contributed by atoms with Crippen molar-refractivity contribution in [3.8, 4) is 28.5 Å². The van der Waals surface area contributed by atoms with Crippen LogP contribution in [-0.2, 0) is 6.42 Å². The first-order chi connectivity index (χ1) is 13.3. The third-order valence-electron chi connectivity index (χ3n) is 4.26. The fourth-order valence-electron chi connectivity index (χ4n) is 2.89. The summed E-state index contributed by atoms with van der Waals surface area (Å²) in [6.07, 6.45) is 4.24. The summed E-state index contributed by atoms with van der Waals surface area (Å²) in [4.78, 5) is 8.83. The summed E-state index contributed by atoms with van der Waals surface area (Å²) in [7, 11) is 1.67. The van der Waals surface area contributed by atoms with Crippen LogP contribution in [0.2, 0.25) is 0 Å². The van der Waals surface area contributed by atoms with E-state index >= 15 is 0 Å². The number of hydrogen-bond donors (Lipinski definition) is 0. The van der Waals surface area contributed by atoms with Crippen LogP contribution in [0.5, 0.6) is 5.75 Å². The molecule has 1 aromatic carbocycles. The third-order valence-corrected chi connectivity index (χ3v) is 4.26. The lowest BCUT2D eigenvalue weighted by molar-refractivity contribution is 0.414. The largest absolute Gasteiger partial charge is 0.497 e. The van der Waals surface area contributed by atoms with Crippen LogP contribution in [0.25, 0.3) is 22.8 Å². The van der Waals surface area contributed by atoms with Gasteiger partial charge in [-0.15, -0.1) is 10.2 Å². The van der Waals surface area contributed by atoms with E-state index in [1.807, 2.05) is 54.6 Å². The van der Waals surface area contributed by atoms with Crippen LogP contribution in [0, 0.1) is 0 Å². The zero-order valence-corrected chi connectivity index (χ0v) is 14.9. The zero-order valence-electron chi connectivity index (χ0n) is 14.9. The van der Waals surface area contributed by atoms with Crippen molar-refractivity contribution in [1.29, 1.82) is 0 Å². The fourth-order valence-corrected chi connectivity index (χ4v) is 2.89. The number of nitrogens with zero attached hydrogens (tertiary/aromatic N) is 4. The molecule has 0 amide bonds. The Balaban J connectivity index is 1.77. The van der Waals surface area contributed by atoms with Gasteiger partial charge in [-0.1, -0.05) is 24.3 Å². The molecule has 3 heterocycles. The summed E-state index contributed by atoms with van der Waals surface area (Å²) < 4.78 is 5.25. The maximum absolute atomic E-state index is 5.25. The molecule has 27 heavy (non-hydrogen) atoms. The van der Waals surface area contributed by atoms with Gasteiger partial charge in [0.1, 0.15) is 17.1 Å². The van der Waals surface area contributed by atoms with Gasteiger partial charge >= 0.3 is 0 Å². The van der Waals surface area contributed by atoms with E-state index in [-0.39, 0.29) is 0 Å². The molecule has 0 radical (unpaired) electrons. The smallest absolute Gasteiger partial charge is 0.118 e. The van der Waals surface area contributed by atoms with E-state index in [1.165, 1.54) is 0 Å². The molecule has 0 N–H and O–H groups in total. The Morgan fingerprint density at radius 1 is 0.741 bits per heavy atom. The molecule has 0 atom stereocenters. The van der Waals surface area contributed by atoms with Gasteiger partial charge < -0.3 is 4.74 Å². The number of hydrogen-bond acceptors (Lipinski definition) is 5. The molecule has 0 unspecified atom stereocenters. The van der Waals surface area contributed by atoms with E-state index in [0.29, 0.717) is 6.42 Å². The molecule has 0 aliphatic heterocycles. The monoisotopic (exact) mass is 354 g/mol. The Bertz CT molecular complexity index is 1020. The summed E-state index contributed by atoms with van der Waals surface area (Å²) in [6.45, 7) is 0. The Morgan fingerprint density at radius 2 is 1.44 bits per heavy atom. The van der Waals surface area contributed by atoms with Gasteiger partial charge in [-0.05, 0) is 60.0 Å². The van der Waals surface area contributed by atoms with Crippen molar-refractivity contribution in [2.24, 2.45) is 0 Å². The van der Waals surface area contributed by atoms with Crippen LogP contribution in [0.4, 0.5) is 0 Å². The van der Waals surface area contributed by atoms with E-state index < -0.39 is 0 Å². The van der Waals surface area contributed by atoms with Gasteiger partial charge in [-0.3, -0.25) is 9.97 Å². The minimum Gasteiger partial charge on any atom is -0.497 e. The lowest BCUT2D eigenvalue weighted by Gasteiger charge is -2.10. The van der Waals surface area contributed by atoms with Gasteiger partial charge in [0.2, 0.25) is 0 Å². The molecular formula is C22H18N4O. The molecule has 0 aliphatic carbocycles. The van der Waals surface area contributed by atoms with Gasteiger partial charge in [0.05, 0.1) is 18.5 Å². The first kappa shape index (κ1) is 16.8. The molecule has 0 aliphatic rings. The van der Waals surface area contributed by atoms with Crippen molar-refractivity contribution >= 4 is 0 Å². The quantitative estimate of drug-likeness (QED) is 0.537. The minimum atomic E-state index is 0.714. The van der Waals surface area contributed by atoms with Crippen LogP contribution in [0.1, 0.15) is 11.1 Å². The highest BCUT2D eigenvalue weighted by Crippen LogP contribution is 2.25. The van der Waals surface area contributed by atoms with Crippen LogP contribution in [-0.4, -0.2) is 27.3 Å². The van der Waals surface area contributed by atoms with E-state index in [4.69, 9.17) is 4.74 Å². The van der Waals surface area contributed by atoms with Crippen LogP contribution >= 0.6 is 0 Å². The fraction of sp³-hybridized carbons (Fsp3) is 0.0909. The van der Waals surface area contributed by atoms with Gasteiger partial charge in [-0.25, -0.2) is 0 Å². The molecule has 0 fully saturated rings. The number of ether oxygens (including phenoxy) is 1. The van der Waals surface area contributed by atoms with E-state index in [2.05, 4.69) is 32.3 Å². The molecule has 5 heteroatoms. The van der Waals surface area contributed by atoms with Crippen LogP contribution in [0.3, 0.4) is 0 Å². The minimum absolute atomic E-state index is 0.714. The maximum Gasteiger partial charge on any atom is 0.118 e. The van der Waals surface area contributed by atoms with Crippen molar-refractivity contribution in [2.45, 2.75) is 6.42 Å². The van der Waals surface area contributed by atoms with Crippen molar-refractivity contribution in [1.82, 2.24) is 20.2 Å². The molecule has 0 spiro atoms. The third kappa shape index (κ3) is 3.82. The van der Waals surface area contributed by atoms with Crippen molar-refractivity contribution in [3.05, 3.63) is 90.3 Å². The Kier molecular flexibility index (Phi) is 4.83. The number of benzene rings is 1. The predicted molar refractivity (Wildman–Crippen MR) is 104 cm³/mol. The predicted octanol–water partition coefficient (Wildman–Crippen LogP) is 4.20. The number of aromatic nitrogens is 4. The van der Waals surface area contributed by atoms with Crippen molar-refractivity contribution in [2.75, 3.05) is 7.11 Å². The Labute approximate surface area is 157 Å². The molecule has 132 valence electrons. The summed E-state index contributed by atoms with van der Waals surface area (Å²) >= 11 is 0. The van der Waals surface area contributed by atoms with Gasteiger partial charge in [0.15, 0.2) is 0 Å². The molecule has 0 saturated carbocycles. The lowest BCUT2D eigenvalue weighted by Crippen LogP contribution is -2.01. The first-order valence-electron chi connectivity index (χ1n) is 8.66. The standard InChI is InChI=1S/C22H18N4O/c1-27-18-10-8-16(9-11-18)14-17-15-21(19-6-2-4-12-23-19)25-26-22(17)20-7-3-5-13-24-20/h2-13,15H,14H2,1H3. The number of methoxy groups -OCH3 is 1. The molecule has 0 saturated heterocycles. The van der Waals surface area contributed by atoms with Crippen molar-refractivity contribution < 1.29 is 4.74 Å². The second-order valence-corrected chi connectivity index (χ2v) is 6.06. The molecule has 5 nitrogen and oxygen atoms in total. The number of pyridine rings is 2. The van der Waals surface area contributed by atoms with Crippen LogP contribution < -0.4 is 4.74 Å². The highest BCUT2D eigenvalue weighted by molar-refractivity contribution is 5.64. The van der Waals surface area contributed by atoms with E-state index in [1.54, 1.807) is 19.5 Å². The van der Waals surface area contributed by atoms with Crippen LogP contribution in [0.15, 0.2) is 79.1 Å². The first-order valence-corrected chi connectivity index (χ1v) is 8.66. The molecule has 4 aromatic rings. The molecule has 4 rings (SSSR count). The van der Waals surface area contributed by atoms with Gasteiger partial charge in [0, 0.05) is 12.4 Å². The normalized spacial score (nSPS) is 10.6. The van der Waals surface area contributed by atoms with Crippen molar-refractivity contribution in [3.63, 3.8) is 0 Å². The average molecular weight is 354 g/mol. The molecule has 3 aromatic heterocycles. The Morgan fingerprint density at radius 3 is 2.07 bits per heavy atom. The van der Waals surface area contributed by atoms with E-state index in [0.717, 1.165) is 39.7 Å². The second-order valence-electron chi connectivity index (χ2n) is 6.06. The average Bonchev–Trinajstić information content (AvgIpc) is 2.75. The number of rotatable bonds is 5. The maximum atomic E-state index is 5.25. The van der Waals surface area contributed by atoms with Gasteiger partial charge in [0.25, 0.3) is 0 Å². The Hall–Kier alpha value is -3.60. The highest BCUT2D eigenvalue weighted by atomic mass is 16.5. The SMILES string of the molecule is COc1ccc(Cc2cc(-c3ccccn3)nnc2-c2ccccn2)cc1.